The lowest BCUT2D eigenvalue weighted by atomic mass is 9.98. The molecule has 4 rings (SSSR count). The SMILES string of the molecule is Cc1ccc(NC(=O)c2ccco2)cc1-c1ccc2ccncc2c1. The minimum absolute atomic E-state index is 0.262. The van der Waals surface area contributed by atoms with Gasteiger partial charge in [0, 0.05) is 23.5 Å². The number of aromatic nitrogens is 1. The van der Waals surface area contributed by atoms with Gasteiger partial charge >= 0.3 is 0 Å². The number of amides is 1. The van der Waals surface area contributed by atoms with Gasteiger partial charge in [-0.2, -0.15) is 0 Å². The Morgan fingerprint density at radius 1 is 1.04 bits per heavy atom. The number of furan rings is 1. The fourth-order valence-electron chi connectivity index (χ4n) is 2.86. The van der Waals surface area contributed by atoms with Crippen molar-refractivity contribution in [3.63, 3.8) is 0 Å². The van der Waals surface area contributed by atoms with Crippen LogP contribution in [0.3, 0.4) is 0 Å². The molecule has 122 valence electrons. The number of fused-ring (bicyclic) bond motifs is 1. The van der Waals surface area contributed by atoms with Crippen molar-refractivity contribution in [2.45, 2.75) is 6.92 Å². The number of nitrogens with one attached hydrogen (secondary N) is 1. The van der Waals surface area contributed by atoms with Crippen LogP contribution in [0.15, 0.2) is 77.7 Å². The summed E-state index contributed by atoms with van der Waals surface area (Å²) >= 11 is 0. The molecule has 2 heterocycles. The van der Waals surface area contributed by atoms with Crippen LogP contribution in [0.5, 0.6) is 0 Å². The predicted octanol–water partition coefficient (Wildman–Crippen LogP) is 5.06. The molecule has 25 heavy (non-hydrogen) atoms. The molecular formula is C21H16N2O2. The molecule has 0 fully saturated rings. The van der Waals surface area contributed by atoms with Crippen LogP contribution in [0.4, 0.5) is 5.69 Å². The highest BCUT2D eigenvalue weighted by Crippen LogP contribution is 2.29. The summed E-state index contributed by atoms with van der Waals surface area (Å²) in [5, 5.41) is 5.11. The van der Waals surface area contributed by atoms with E-state index in [0.717, 1.165) is 33.2 Å². The largest absolute Gasteiger partial charge is 0.459 e. The molecule has 0 radical (unpaired) electrons. The summed E-state index contributed by atoms with van der Waals surface area (Å²) < 4.78 is 5.14. The van der Waals surface area contributed by atoms with Crippen molar-refractivity contribution in [3.8, 4) is 11.1 Å². The molecular weight excluding hydrogens is 312 g/mol. The molecule has 4 aromatic rings. The third-order valence-corrected chi connectivity index (χ3v) is 4.19. The second kappa shape index (κ2) is 6.24. The maximum Gasteiger partial charge on any atom is 0.291 e. The Morgan fingerprint density at radius 2 is 1.96 bits per heavy atom. The van der Waals surface area contributed by atoms with E-state index in [1.807, 2.05) is 30.5 Å². The average Bonchev–Trinajstić information content (AvgIpc) is 3.18. The number of carbonyl (C=O) groups excluding carboxylic acids is 1. The molecule has 1 amide bonds. The highest BCUT2D eigenvalue weighted by Gasteiger charge is 2.10. The zero-order valence-corrected chi connectivity index (χ0v) is 13.7. The molecule has 1 N–H and O–H groups in total. The van der Waals surface area contributed by atoms with Crippen molar-refractivity contribution in [1.29, 1.82) is 0 Å². The Labute approximate surface area is 145 Å². The van der Waals surface area contributed by atoms with Crippen molar-refractivity contribution >= 4 is 22.4 Å². The minimum atomic E-state index is -0.262. The summed E-state index contributed by atoms with van der Waals surface area (Å²) in [6.45, 7) is 2.06. The van der Waals surface area contributed by atoms with Crippen LogP contribution in [-0.4, -0.2) is 10.9 Å². The van der Waals surface area contributed by atoms with Crippen molar-refractivity contribution in [2.24, 2.45) is 0 Å². The highest BCUT2D eigenvalue weighted by molar-refractivity contribution is 6.02. The van der Waals surface area contributed by atoms with E-state index < -0.39 is 0 Å². The monoisotopic (exact) mass is 328 g/mol. The fraction of sp³-hybridized carbons (Fsp3) is 0.0476. The Hall–Kier alpha value is -3.40. The van der Waals surface area contributed by atoms with Crippen LogP contribution >= 0.6 is 0 Å². The third kappa shape index (κ3) is 3.02. The maximum atomic E-state index is 12.2. The van der Waals surface area contributed by atoms with Crippen LogP contribution in [0.1, 0.15) is 16.1 Å². The van der Waals surface area contributed by atoms with Gasteiger partial charge in [0.25, 0.3) is 5.91 Å². The standard InChI is InChI=1S/C21H16N2O2/c1-14-4-7-18(23-21(24)20-3-2-10-25-20)12-19(14)16-6-5-15-8-9-22-13-17(15)11-16/h2-13H,1H3,(H,23,24). The summed E-state index contributed by atoms with van der Waals surface area (Å²) in [6.07, 6.45) is 5.13. The van der Waals surface area contributed by atoms with E-state index in [0.29, 0.717) is 5.76 Å². The second-order valence-corrected chi connectivity index (χ2v) is 5.90. The number of hydrogen-bond acceptors (Lipinski definition) is 3. The van der Waals surface area contributed by atoms with Gasteiger partial charge in [0.15, 0.2) is 5.76 Å². The molecule has 0 atom stereocenters. The Kier molecular flexibility index (Phi) is 3.78. The summed E-state index contributed by atoms with van der Waals surface area (Å²) in [4.78, 5) is 16.4. The van der Waals surface area contributed by atoms with Crippen molar-refractivity contribution in [3.05, 3.63) is 84.6 Å². The molecule has 4 nitrogen and oxygen atoms in total. The van der Waals surface area contributed by atoms with Gasteiger partial charge in [-0.3, -0.25) is 9.78 Å². The maximum absolute atomic E-state index is 12.2. The lowest BCUT2D eigenvalue weighted by Crippen LogP contribution is -2.10. The quantitative estimate of drug-likeness (QED) is 0.572. The smallest absolute Gasteiger partial charge is 0.291 e. The number of carbonyl (C=O) groups is 1. The molecule has 0 aliphatic rings. The van der Waals surface area contributed by atoms with Crippen LogP contribution in [0.25, 0.3) is 21.9 Å². The molecule has 0 aliphatic heterocycles. The molecule has 0 aliphatic carbocycles. The van der Waals surface area contributed by atoms with Gasteiger partial charge in [0.1, 0.15) is 0 Å². The summed E-state index contributed by atoms with van der Waals surface area (Å²) in [5.74, 6) is 0.0291. The molecule has 0 bridgehead atoms. The topological polar surface area (TPSA) is 55.1 Å². The first-order valence-corrected chi connectivity index (χ1v) is 8.00. The van der Waals surface area contributed by atoms with E-state index >= 15 is 0 Å². The molecule has 2 aromatic heterocycles. The van der Waals surface area contributed by atoms with Crippen molar-refractivity contribution in [2.75, 3.05) is 5.32 Å². The zero-order valence-electron chi connectivity index (χ0n) is 13.7. The van der Waals surface area contributed by atoms with Gasteiger partial charge in [-0.15, -0.1) is 0 Å². The summed E-state index contributed by atoms with van der Waals surface area (Å²) in [7, 11) is 0. The number of hydrogen-bond donors (Lipinski definition) is 1. The van der Waals surface area contributed by atoms with Gasteiger partial charge in [-0.05, 0) is 65.4 Å². The van der Waals surface area contributed by atoms with E-state index in [2.05, 4.69) is 35.4 Å². The highest BCUT2D eigenvalue weighted by atomic mass is 16.3. The first-order chi connectivity index (χ1) is 12.2. The van der Waals surface area contributed by atoms with E-state index in [9.17, 15) is 4.79 Å². The van der Waals surface area contributed by atoms with E-state index in [-0.39, 0.29) is 5.91 Å². The molecule has 0 saturated heterocycles. The molecule has 0 saturated carbocycles. The number of nitrogens with zero attached hydrogens (tertiary/aromatic N) is 1. The minimum Gasteiger partial charge on any atom is -0.459 e. The Morgan fingerprint density at radius 3 is 2.80 bits per heavy atom. The number of anilines is 1. The van der Waals surface area contributed by atoms with Gasteiger partial charge < -0.3 is 9.73 Å². The number of rotatable bonds is 3. The first kappa shape index (κ1) is 15.1. The van der Waals surface area contributed by atoms with E-state index in [1.54, 1.807) is 18.3 Å². The zero-order chi connectivity index (χ0) is 17.2. The lowest BCUT2D eigenvalue weighted by molar-refractivity contribution is 0.0996. The molecule has 2 aromatic carbocycles. The van der Waals surface area contributed by atoms with Crippen LogP contribution < -0.4 is 5.32 Å². The Bertz CT molecular complexity index is 1050. The number of benzene rings is 2. The van der Waals surface area contributed by atoms with Gasteiger partial charge in [-0.1, -0.05) is 18.2 Å². The molecule has 0 unspecified atom stereocenters. The third-order valence-electron chi connectivity index (χ3n) is 4.19. The van der Waals surface area contributed by atoms with Gasteiger partial charge in [0.05, 0.1) is 6.26 Å². The van der Waals surface area contributed by atoms with E-state index in [4.69, 9.17) is 4.42 Å². The van der Waals surface area contributed by atoms with E-state index in [1.165, 1.54) is 6.26 Å². The van der Waals surface area contributed by atoms with Crippen LogP contribution in [-0.2, 0) is 0 Å². The van der Waals surface area contributed by atoms with Crippen molar-refractivity contribution in [1.82, 2.24) is 4.98 Å². The summed E-state index contributed by atoms with van der Waals surface area (Å²) in [5.41, 5.74) is 4.03. The average molecular weight is 328 g/mol. The van der Waals surface area contributed by atoms with Gasteiger partial charge in [0.2, 0.25) is 0 Å². The first-order valence-electron chi connectivity index (χ1n) is 8.00. The normalized spacial score (nSPS) is 10.8. The van der Waals surface area contributed by atoms with Gasteiger partial charge in [-0.25, -0.2) is 0 Å². The second-order valence-electron chi connectivity index (χ2n) is 5.90. The predicted molar refractivity (Wildman–Crippen MR) is 98.6 cm³/mol. The molecule has 4 heteroatoms. The fourth-order valence-corrected chi connectivity index (χ4v) is 2.86. The van der Waals surface area contributed by atoms with Crippen LogP contribution in [0.2, 0.25) is 0 Å². The Balaban J connectivity index is 1.70. The van der Waals surface area contributed by atoms with Crippen LogP contribution in [0, 0.1) is 6.92 Å². The van der Waals surface area contributed by atoms with Crippen molar-refractivity contribution < 1.29 is 9.21 Å². The lowest BCUT2D eigenvalue weighted by Gasteiger charge is -2.11. The number of pyridine rings is 1. The summed E-state index contributed by atoms with van der Waals surface area (Å²) in [6, 6.07) is 17.5. The number of aryl methyl sites for hydroxylation is 1. The molecule has 0 spiro atoms.